The van der Waals surface area contributed by atoms with E-state index in [1.54, 1.807) is 0 Å². The number of unbranched alkanes of at least 4 members (excludes halogenated alkanes) is 2. The number of nitrogens with one attached hydrogen (secondary N) is 4. The van der Waals surface area contributed by atoms with Crippen molar-refractivity contribution in [1.82, 2.24) is 26.3 Å². The van der Waals surface area contributed by atoms with Gasteiger partial charge in [-0.1, -0.05) is 44.1 Å². The van der Waals surface area contributed by atoms with Crippen LogP contribution in [0.4, 0.5) is 4.39 Å². The van der Waals surface area contributed by atoms with Gasteiger partial charge in [0.05, 0.1) is 5.41 Å². The minimum atomic E-state index is -0.744. The predicted molar refractivity (Wildman–Crippen MR) is 151 cm³/mol. The van der Waals surface area contributed by atoms with Gasteiger partial charge in [0.15, 0.2) is 11.6 Å². The minimum absolute atomic E-state index is 0.0303. The Morgan fingerprint density at radius 3 is 2.52 bits per heavy atom. The molecule has 3 amide bonds. The van der Waals surface area contributed by atoms with Crippen molar-refractivity contribution < 1.29 is 23.9 Å². The van der Waals surface area contributed by atoms with Crippen LogP contribution in [0.2, 0.25) is 0 Å². The van der Waals surface area contributed by atoms with Crippen LogP contribution in [0.5, 0.6) is 5.75 Å². The van der Waals surface area contributed by atoms with Crippen molar-refractivity contribution in [1.29, 1.82) is 0 Å². The zero-order valence-corrected chi connectivity index (χ0v) is 23.1. The first kappa shape index (κ1) is 30.5. The summed E-state index contributed by atoms with van der Waals surface area (Å²) in [6.45, 7) is 6.64. The molecule has 3 rings (SSSR count). The van der Waals surface area contributed by atoms with Crippen LogP contribution in [0, 0.1) is 11.2 Å². The van der Waals surface area contributed by atoms with Crippen molar-refractivity contribution in [3.8, 4) is 5.75 Å². The van der Waals surface area contributed by atoms with Gasteiger partial charge in [-0.15, -0.1) is 0 Å². The summed E-state index contributed by atoms with van der Waals surface area (Å²) < 4.78 is 13.2. The topological polar surface area (TPSA) is 132 Å². The van der Waals surface area contributed by atoms with Crippen LogP contribution in [0.3, 0.4) is 0 Å². The molecule has 10 heteroatoms. The van der Waals surface area contributed by atoms with Crippen LogP contribution in [0.15, 0.2) is 60.3 Å². The maximum Gasteiger partial charge on any atom is 0.270 e. The zero-order valence-electron chi connectivity index (χ0n) is 23.1. The second-order valence-electron chi connectivity index (χ2n) is 10.0. The standard InChI is InChI=1S/C30H38FN5O4/c1-3-4-5-13-32-15-16-34-29(40)30(2)11-8-21(9-12-30)19-35-27(38)23-10-14-33-25(18-23)28(39)36-20-22-6-7-24(31)26(37)17-22/h6-11,14,17-18,32,37H,3-5,12-13,15-16,19-20H2,1-2H3,(H,34,40)(H,35,38)(H,36,39). The minimum Gasteiger partial charge on any atom is -0.505 e. The third-order valence-electron chi connectivity index (χ3n) is 6.69. The highest BCUT2D eigenvalue weighted by atomic mass is 19.1. The largest absolute Gasteiger partial charge is 0.505 e. The lowest BCUT2D eigenvalue weighted by Crippen LogP contribution is -2.41. The number of phenols is 1. The first-order valence-electron chi connectivity index (χ1n) is 13.6. The number of allylic oxidation sites excluding steroid dienone is 1. The number of aromatic hydroxyl groups is 1. The number of hydrogen-bond donors (Lipinski definition) is 5. The number of rotatable bonds is 14. The van der Waals surface area contributed by atoms with Crippen LogP contribution in [-0.2, 0) is 11.3 Å². The van der Waals surface area contributed by atoms with Crippen LogP contribution < -0.4 is 21.3 Å². The molecule has 0 fully saturated rings. The molecule has 1 aliphatic carbocycles. The van der Waals surface area contributed by atoms with Crippen LogP contribution >= 0.6 is 0 Å². The van der Waals surface area contributed by atoms with Crippen LogP contribution in [0.1, 0.15) is 65.9 Å². The molecule has 214 valence electrons. The van der Waals surface area contributed by atoms with Crippen molar-refractivity contribution in [2.75, 3.05) is 26.2 Å². The number of amides is 3. The maximum atomic E-state index is 13.2. The summed E-state index contributed by atoms with van der Waals surface area (Å²) in [4.78, 5) is 42.0. The number of carbonyl (C=O) groups excluding carboxylic acids is 3. The van der Waals surface area contributed by atoms with Gasteiger partial charge in [0.2, 0.25) is 5.91 Å². The zero-order chi connectivity index (χ0) is 29.0. The van der Waals surface area contributed by atoms with E-state index in [2.05, 4.69) is 33.2 Å². The lowest BCUT2D eigenvalue weighted by Gasteiger charge is -2.27. The smallest absolute Gasteiger partial charge is 0.270 e. The van der Waals surface area contributed by atoms with E-state index in [9.17, 15) is 23.9 Å². The molecule has 0 radical (unpaired) electrons. The van der Waals surface area contributed by atoms with E-state index < -0.39 is 22.9 Å². The number of phenolic OH excluding ortho intramolecular Hbond substituents is 1. The summed E-state index contributed by atoms with van der Waals surface area (Å²) in [5, 5.41) is 21.3. The summed E-state index contributed by atoms with van der Waals surface area (Å²) >= 11 is 0. The molecule has 5 N–H and O–H groups in total. The van der Waals surface area contributed by atoms with Crippen LogP contribution in [-0.4, -0.2) is 54.0 Å². The Kier molecular flexibility index (Phi) is 11.4. The SMILES string of the molecule is CCCCCNCCNC(=O)C1(C)C=CC(CNC(=O)c2ccnc(C(=O)NCc3ccc(F)c(O)c3)c2)=CC1. The van der Waals surface area contributed by atoms with Gasteiger partial charge in [0.25, 0.3) is 11.8 Å². The number of hydrogen-bond acceptors (Lipinski definition) is 6. The number of benzene rings is 1. The normalized spacial score (nSPS) is 16.2. The maximum absolute atomic E-state index is 13.2. The van der Waals surface area contributed by atoms with Crippen molar-refractivity contribution in [3.05, 3.63) is 83.0 Å². The van der Waals surface area contributed by atoms with E-state index >= 15 is 0 Å². The van der Waals surface area contributed by atoms with E-state index in [-0.39, 0.29) is 36.2 Å². The molecular weight excluding hydrogens is 513 g/mol. The van der Waals surface area contributed by atoms with Crippen molar-refractivity contribution in [2.45, 2.75) is 46.1 Å². The first-order chi connectivity index (χ1) is 19.2. The van der Waals surface area contributed by atoms with E-state index in [1.165, 1.54) is 43.3 Å². The van der Waals surface area contributed by atoms with Crippen molar-refractivity contribution >= 4 is 17.7 Å². The Morgan fingerprint density at radius 1 is 1.00 bits per heavy atom. The monoisotopic (exact) mass is 551 g/mol. The first-order valence-corrected chi connectivity index (χ1v) is 13.6. The van der Waals surface area contributed by atoms with E-state index in [4.69, 9.17) is 0 Å². The quantitative estimate of drug-likeness (QED) is 0.229. The van der Waals surface area contributed by atoms with E-state index in [0.717, 1.165) is 31.1 Å². The van der Waals surface area contributed by atoms with Gasteiger partial charge in [0.1, 0.15) is 5.69 Å². The number of aromatic nitrogens is 1. The Hall–Kier alpha value is -4.05. The molecule has 40 heavy (non-hydrogen) atoms. The highest BCUT2D eigenvalue weighted by molar-refractivity contribution is 5.98. The molecule has 1 aromatic carbocycles. The van der Waals surface area contributed by atoms with Gasteiger partial charge in [-0.25, -0.2) is 4.39 Å². The predicted octanol–water partition coefficient (Wildman–Crippen LogP) is 3.37. The fourth-order valence-corrected chi connectivity index (χ4v) is 4.08. The fourth-order valence-electron chi connectivity index (χ4n) is 4.08. The summed E-state index contributed by atoms with van der Waals surface area (Å²) in [6.07, 6.45) is 11.1. The van der Waals surface area contributed by atoms with Gasteiger partial charge < -0.3 is 26.4 Å². The van der Waals surface area contributed by atoms with Crippen molar-refractivity contribution in [3.63, 3.8) is 0 Å². The molecule has 1 heterocycles. The molecule has 1 aliphatic rings. The summed E-state index contributed by atoms with van der Waals surface area (Å²) in [5.74, 6) is -2.16. The lowest BCUT2D eigenvalue weighted by atomic mass is 9.81. The average molecular weight is 552 g/mol. The molecule has 1 aromatic heterocycles. The van der Waals surface area contributed by atoms with Gasteiger partial charge in [-0.3, -0.25) is 19.4 Å². The molecular formula is C30H38FN5O4. The number of pyridine rings is 1. The molecule has 1 unspecified atom stereocenters. The molecule has 9 nitrogen and oxygen atoms in total. The molecule has 0 bridgehead atoms. The van der Waals surface area contributed by atoms with Gasteiger partial charge in [-0.2, -0.15) is 0 Å². The second kappa shape index (κ2) is 14.9. The molecule has 0 saturated carbocycles. The van der Waals surface area contributed by atoms with Gasteiger partial charge in [-0.05, 0) is 61.7 Å². The number of carbonyl (C=O) groups is 3. The molecule has 2 aromatic rings. The van der Waals surface area contributed by atoms with Crippen molar-refractivity contribution in [2.24, 2.45) is 5.41 Å². The van der Waals surface area contributed by atoms with Gasteiger partial charge >= 0.3 is 0 Å². The molecule has 0 saturated heterocycles. The fraction of sp³-hybridized carbons (Fsp3) is 0.400. The molecule has 0 spiro atoms. The highest BCUT2D eigenvalue weighted by Gasteiger charge is 2.31. The molecule has 0 aliphatic heterocycles. The Bertz CT molecular complexity index is 1260. The lowest BCUT2D eigenvalue weighted by molar-refractivity contribution is -0.127. The summed E-state index contributed by atoms with van der Waals surface area (Å²) in [5.41, 5.74) is 1.07. The van der Waals surface area contributed by atoms with E-state index in [1.807, 2.05) is 25.2 Å². The van der Waals surface area contributed by atoms with E-state index in [0.29, 0.717) is 18.5 Å². The number of nitrogens with zero attached hydrogens (tertiary/aromatic N) is 1. The average Bonchev–Trinajstić information content (AvgIpc) is 2.96. The van der Waals surface area contributed by atoms with Gasteiger partial charge in [0, 0.05) is 37.9 Å². The summed E-state index contributed by atoms with van der Waals surface area (Å²) in [6, 6.07) is 6.68. The van der Waals surface area contributed by atoms with Crippen LogP contribution in [0.25, 0.3) is 0 Å². The third kappa shape index (κ3) is 9.01. The second-order valence-corrected chi connectivity index (χ2v) is 10.0. The third-order valence-corrected chi connectivity index (χ3v) is 6.69. The highest BCUT2D eigenvalue weighted by Crippen LogP contribution is 2.29. The Morgan fingerprint density at radius 2 is 1.80 bits per heavy atom. The number of halogens is 1. The molecule has 1 atom stereocenters. The Labute approximate surface area is 234 Å². The summed E-state index contributed by atoms with van der Waals surface area (Å²) in [7, 11) is 0. The Balaban J connectivity index is 1.44.